The molecule has 0 unspecified atom stereocenters. The molecule has 2 aromatic rings. The molecule has 0 fully saturated rings. The molecule has 0 saturated heterocycles. The first-order valence-corrected chi connectivity index (χ1v) is 4.80. The lowest BCUT2D eigenvalue weighted by molar-refractivity contribution is -0.136. The second kappa shape index (κ2) is 3.55. The Morgan fingerprint density at radius 2 is 2.33 bits per heavy atom. The van der Waals surface area contributed by atoms with E-state index in [1.54, 1.807) is 22.7 Å². The Morgan fingerprint density at radius 3 is 3.00 bits per heavy atom. The summed E-state index contributed by atoms with van der Waals surface area (Å²) in [5, 5.41) is 9.18. The number of hydrogen-bond acceptors (Lipinski definition) is 2. The highest BCUT2D eigenvalue weighted by atomic mass is 35.5. The maximum Gasteiger partial charge on any atom is 0.307 e. The summed E-state index contributed by atoms with van der Waals surface area (Å²) in [5.74, 6) is -0.859. The molecule has 2 rings (SSSR count). The highest BCUT2D eigenvalue weighted by molar-refractivity contribution is 6.30. The number of aryl methyl sites for hydroxylation is 1. The van der Waals surface area contributed by atoms with Gasteiger partial charge in [-0.1, -0.05) is 17.7 Å². The van der Waals surface area contributed by atoms with Crippen LogP contribution < -0.4 is 0 Å². The molecule has 2 heterocycles. The van der Waals surface area contributed by atoms with Gasteiger partial charge in [0.15, 0.2) is 0 Å². The number of carboxylic acid groups (broad SMARTS) is 1. The van der Waals surface area contributed by atoms with E-state index in [2.05, 4.69) is 4.98 Å². The van der Waals surface area contributed by atoms with Crippen molar-refractivity contribution in [2.45, 2.75) is 13.3 Å². The highest BCUT2D eigenvalue weighted by Crippen LogP contribution is 2.18. The van der Waals surface area contributed by atoms with E-state index >= 15 is 0 Å². The summed E-state index contributed by atoms with van der Waals surface area (Å²) < 4.78 is 1.69. The number of imidazole rings is 1. The summed E-state index contributed by atoms with van der Waals surface area (Å²) in [6.45, 7) is 1.81. The van der Waals surface area contributed by atoms with E-state index < -0.39 is 5.97 Å². The number of carbonyl (C=O) groups is 1. The van der Waals surface area contributed by atoms with E-state index in [-0.39, 0.29) is 6.42 Å². The molecule has 0 radical (unpaired) electrons. The lowest BCUT2D eigenvalue weighted by atomic mass is 10.2. The van der Waals surface area contributed by atoms with Crippen LogP contribution in [-0.2, 0) is 11.2 Å². The van der Waals surface area contributed by atoms with E-state index in [0.29, 0.717) is 10.7 Å². The molecular weight excluding hydrogens is 216 g/mol. The molecule has 0 spiro atoms. The van der Waals surface area contributed by atoms with Crippen LogP contribution in [0, 0.1) is 6.92 Å². The van der Waals surface area contributed by atoms with Crippen molar-refractivity contribution in [2.24, 2.45) is 0 Å². The van der Waals surface area contributed by atoms with Gasteiger partial charge in [-0.15, -0.1) is 0 Å². The molecule has 78 valence electrons. The zero-order valence-electron chi connectivity index (χ0n) is 8.07. The van der Waals surface area contributed by atoms with Crippen LogP contribution >= 0.6 is 11.6 Å². The van der Waals surface area contributed by atoms with E-state index in [0.717, 1.165) is 11.3 Å². The fraction of sp³-hybridized carbons (Fsp3) is 0.200. The number of carboxylic acids is 1. The lowest BCUT2D eigenvalue weighted by Crippen LogP contribution is -2.01. The monoisotopic (exact) mass is 224 g/mol. The predicted octanol–water partition coefficient (Wildman–Crippen LogP) is 1.92. The number of rotatable bonds is 2. The van der Waals surface area contributed by atoms with Crippen LogP contribution in [0.15, 0.2) is 18.3 Å². The first kappa shape index (κ1) is 9.98. The van der Waals surface area contributed by atoms with Crippen molar-refractivity contribution in [1.82, 2.24) is 9.38 Å². The van der Waals surface area contributed by atoms with Crippen molar-refractivity contribution in [3.05, 3.63) is 34.7 Å². The minimum atomic E-state index is -0.859. The van der Waals surface area contributed by atoms with Gasteiger partial charge in [0.05, 0.1) is 12.1 Å². The summed E-state index contributed by atoms with van der Waals surface area (Å²) in [5.41, 5.74) is 2.17. The lowest BCUT2D eigenvalue weighted by Gasteiger charge is -1.99. The predicted molar refractivity (Wildman–Crippen MR) is 56.3 cm³/mol. The van der Waals surface area contributed by atoms with Gasteiger partial charge in [-0.25, -0.2) is 4.98 Å². The largest absolute Gasteiger partial charge is 0.481 e. The molecule has 0 amide bonds. The fourth-order valence-corrected chi connectivity index (χ4v) is 1.63. The maximum absolute atomic E-state index is 10.5. The van der Waals surface area contributed by atoms with Crippen molar-refractivity contribution in [3.8, 4) is 0 Å². The topological polar surface area (TPSA) is 54.6 Å². The van der Waals surface area contributed by atoms with Gasteiger partial charge in [-0.2, -0.15) is 0 Å². The Hall–Kier alpha value is -1.55. The molecule has 0 aliphatic rings. The molecule has 0 bridgehead atoms. The van der Waals surface area contributed by atoms with E-state index in [4.69, 9.17) is 16.7 Å². The molecule has 0 saturated carbocycles. The Balaban J connectivity index is 2.54. The number of aromatic nitrogens is 2. The number of nitrogens with zero attached hydrogens (tertiary/aromatic N) is 2. The summed E-state index contributed by atoms with van der Waals surface area (Å²) >= 11 is 6.00. The second-order valence-corrected chi connectivity index (χ2v) is 3.68. The third-order valence-corrected chi connectivity index (χ3v) is 2.59. The number of hydrogen-bond donors (Lipinski definition) is 1. The third kappa shape index (κ3) is 1.80. The van der Waals surface area contributed by atoms with Crippen LogP contribution in [0.1, 0.15) is 11.3 Å². The van der Waals surface area contributed by atoms with Crippen molar-refractivity contribution >= 4 is 23.2 Å². The standard InChI is InChI=1S/C10H9ClN2O2/c1-6-10(11)13-5-7(4-9(14)15)2-3-8(13)12-6/h2-3,5H,4H2,1H3,(H,14,15). The Kier molecular flexibility index (Phi) is 2.36. The Bertz CT molecular complexity index is 533. The molecule has 2 aromatic heterocycles. The second-order valence-electron chi connectivity index (χ2n) is 3.32. The molecule has 0 aliphatic carbocycles. The summed E-state index contributed by atoms with van der Waals surface area (Å²) in [6, 6.07) is 3.50. The Morgan fingerprint density at radius 1 is 1.60 bits per heavy atom. The van der Waals surface area contributed by atoms with Crippen molar-refractivity contribution < 1.29 is 9.90 Å². The number of fused-ring (bicyclic) bond motifs is 1. The first-order chi connectivity index (χ1) is 7.08. The average molecular weight is 225 g/mol. The van der Waals surface area contributed by atoms with Crippen molar-refractivity contribution in [2.75, 3.05) is 0 Å². The Labute approximate surface area is 91.1 Å². The van der Waals surface area contributed by atoms with Crippen LogP contribution in [0.2, 0.25) is 5.15 Å². The fourth-order valence-electron chi connectivity index (χ4n) is 1.46. The highest BCUT2D eigenvalue weighted by Gasteiger charge is 2.07. The smallest absolute Gasteiger partial charge is 0.307 e. The van der Waals surface area contributed by atoms with Crippen LogP contribution in [0.5, 0.6) is 0 Å². The molecule has 0 aliphatic heterocycles. The van der Waals surface area contributed by atoms with Gasteiger partial charge >= 0.3 is 5.97 Å². The zero-order valence-corrected chi connectivity index (χ0v) is 8.82. The van der Waals surface area contributed by atoms with Gasteiger partial charge in [0, 0.05) is 6.20 Å². The van der Waals surface area contributed by atoms with Gasteiger partial charge in [0.25, 0.3) is 0 Å². The number of aliphatic carboxylic acids is 1. The molecule has 1 N–H and O–H groups in total. The number of pyridine rings is 1. The summed E-state index contributed by atoms with van der Waals surface area (Å²) in [4.78, 5) is 14.8. The molecule has 15 heavy (non-hydrogen) atoms. The van der Waals surface area contributed by atoms with E-state index in [1.165, 1.54) is 0 Å². The van der Waals surface area contributed by atoms with Crippen LogP contribution in [0.3, 0.4) is 0 Å². The first-order valence-electron chi connectivity index (χ1n) is 4.43. The maximum atomic E-state index is 10.5. The molecule has 5 heteroatoms. The van der Waals surface area contributed by atoms with Crippen molar-refractivity contribution in [3.63, 3.8) is 0 Å². The molecule has 0 atom stereocenters. The van der Waals surface area contributed by atoms with Crippen molar-refractivity contribution in [1.29, 1.82) is 0 Å². The quantitative estimate of drug-likeness (QED) is 0.848. The summed E-state index contributed by atoms with van der Waals surface area (Å²) in [7, 11) is 0. The normalized spacial score (nSPS) is 10.8. The SMILES string of the molecule is Cc1nc2ccc(CC(=O)O)cn2c1Cl. The molecule has 0 aromatic carbocycles. The van der Waals surface area contributed by atoms with E-state index in [9.17, 15) is 4.79 Å². The van der Waals surface area contributed by atoms with Crippen LogP contribution in [-0.4, -0.2) is 20.5 Å². The van der Waals surface area contributed by atoms with Gasteiger partial charge in [-0.05, 0) is 18.6 Å². The minimum Gasteiger partial charge on any atom is -0.481 e. The van der Waals surface area contributed by atoms with Crippen LogP contribution in [0.4, 0.5) is 0 Å². The van der Waals surface area contributed by atoms with Gasteiger partial charge < -0.3 is 5.11 Å². The summed E-state index contributed by atoms with van der Waals surface area (Å²) in [6.07, 6.45) is 1.69. The van der Waals surface area contributed by atoms with Gasteiger partial charge in [0.2, 0.25) is 0 Å². The average Bonchev–Trinajstić information content (AvgIpc) is 2.43. The van der Waals surface area contributed by atoms with Crippen LogP contribution in [0.25, 0.3) is 5.65 Å². The molecular formula is C10H9ClN2O2. The zero-order chi connectivity index (χ0) is 11.0. The van der Waals surface area contributed by atoms with Gasteiger partial charge in [0.1, 0.15) is 10.8 Å². The minimum absolute atomic E-state index is 0.0104. The number of halogens is 1. The third-order valence-electron chi connectivity index (χ3n) is 2.14. The van der Waals surface area contributed by atoms with Gasteiger partial charge in [-0.3, -0.25) is 9.20 Å². The van der Waals surface area contributed by atoms with E-state index in [1.807, 2.05) is 6.92 Å². The molecule has 4 nitrogen and oxygen atoms in total.